The van der Waals surface area contributed by atoms with Crippen molar-refractivity contribution < 1.29 is 14.3 Å². The van der Waals surface area contributed by atoms with Crippen molar-refractivity contribution in [3.8, 4) is 0 Å². The van der Waals surface area contributed by atoms with Gasteiger partial charge in [0, 0.05) is 12.6 Å². The van der Waals surface area contributed by atoms with Gasteiger partial charge in [0.25, 0.3) is 0 Å². The van der Waals surface area contributed by atoms with E-state index in [1.165, 1.54) is 51.4 Å². The number of carbonyl (C=O) groups is 2. The predicted molar refractivity (Wildman–Crippen MR) is 187 cm³/mol. The first-order valence-electron chi connectivity index (χ1n) is 18.6. The van der Waals surface area contributed by atoms with Crippen LogP contribution in [0.3, 0.4) is 0 Å². The number of guanidine groups is 1. The van der Waals surface area contributed by atoms with Crippen molar-refractivity contribution in [2.45, 2.75) is 157 Å². The van der Waals surface area contributed by atoms with Crippen LogP contribution in [0.5, 0.6) is 0 Å². The minimum Gasteiger partial charge on any atom is -0.444 e. The quantitative estimate of drug-likeness (QED) is 0.0684. The Morgan fingerprint density at radius 3 is 2.46 bits per heavy atom. The molecule has 3 fully saturated rings. The van der Waals surface area contributed by atoms with Crippen LogP contribution in [0.1, 0.15) is 139 Å². The highest BCUT2D eigenvalue weighted by molar-refractivity contribution is 5.92. The Kier molecular flexibility index (Phi) is 12.0. The molecule has 9 atom stereocenters. The lowest BCUT2D eigenvalue weighted by atomic mass is 9.47. The molecule has 0 heterocycles. The molecule has 0 spiro atoms. The number of rotatable bonds is 11. The van der Waals surface area contributed by atoms with E-state index in [-0.39, 0.29) is 23.3 Å². The minimum absolute atomic E-state index is 0.0854. The van der Waals surface area contributed by atoms with Crippen molar-refractivity contribution in [1.29, 1.82) is 5.41 Å². The van der Waals surface area contributed by atoms with Crippen LogP contribution < -0.4 is 21.7 Å². The molecule has 4 rings (SSSR count). The van der Waals surface area contributed by atoms with Crippen molar-refractivity contribution in [2.75, 3.05) is 6.54 Å². The van der Waals surface area contributed by atoms with Crippen molar-refractivity contribution in [3.63, 3.8) is 0 Å². The van der Waals surface area contributed by atoms with Gasteiger partial charge in [0.15, 0.2) is 5.96 Å². The van der Waals surface area contributed by atoms with Gasteiger partial charge >= 0.3 is 6.09 Å². The molecule has 0 aromatic heterocycles. The molecule has 2 unspecified atom stereocenters. The third-order valence-corrected chi connectivity index (χ3v) is 12.6. The summed E-state index contributed by atoms with van der Waals surface area (Å²) in [6.07, 6.45) is 17.1. The number of amides is 2. The summed E-state index contributed by atoms with van der Waals surface area (Å²) in [6.45, 7) is 18.2. The summed E-state index contributed by atoms with van der Waals surface area (Å²) in [5.74, 6) is 4.78. The monoisotopic (exact) mass is 642 g/mol. The second-order valence-electron chi connectivity index (χ2n) is 17.4. The average molecular weight is 642 g/mol. The summed E-state index contributed by atoms with van der Waals surface area (Å²) in [6, 6.07) is -0.443. The number of hydrogen-bond acceptors (Lipinski definition) is 5. The number of alkyl carbamates (subject to hydrolysis) is 1. The summed E-state index contributed by atoms with van der Waals surface area (Å²) in [5, 5.41) is 16.4. The fourth-order valence-electron chi connectivity index (χ4n) is 10.2. The molecular weight excluding hydrogens is 574 g/mol. The summed E-state index contributed by atoms with van der Waals surface area (Å²) in [4.78, 5) is 24.8. The highest BCUT2D eigenvalue weighted by Crippen LogP contribution is 2.67. The summed E-state index contributed by atoms with van der Waals surface area (Å²) in [7, 11) is 0. The van der Waals surface area contributed by atoms with E-state index in [0.29, 0.717) is 24.8 Å². The molecule has 0 aliphatic heterocycles. The van der Waals surface area contributed by atoms with E-state index in [1.54, 1.807) is 26.3 Å². The first-order valence-corrected chi connectivity index (χ1v) is 18.6. The van der Waals surface area contributed by atoms with Gasteiger partial charge in [-0.2, -0.15) is 0 Å². The molecule has 6 N–H and O–H groups in total. The van der Waals surface area contributed by atoms with E-state index in [4.69, 9.17) is 15.9 Å². The van der Waals surface area contributed by atoms with E-state index in [1.807, 2.05) is 0 Å². The van der Waals surface area contributed by atoms with Crippen LogP contribution in [-0.4, -0.2) is 42.2 Å². The van der Waals surface area contributed by atoms with E-state index in [9.17, 15) is 9.59 Å². The summed E-state index contributed by atoms with van der Waals surface area (Å²) in [5.41, 5.74) is 8.01. The van der Waals surface area contributed by atoms with Crippen molar-refractivity contribution in [1.82, 2.24) is 16.0 Å². The van der Waals surface area contributed by atoms with E-state index >= 15 is 0 Å². The van der Waals surface area contributed by atoms with E-state index < -0.39 is 17.7 Å². The normalized spacial score (nSPS) is 33.5. The molecule has 3 saturated carbocycles. The lowest BCUT2D eigenvalue weighted by Gasteiger charge is -2.58. The number of nitrogens with one attached hydrogen (secondary N) is 4. The zero-order valence-electron chi connectivity index (χ0n) is 30.4. The maximum atomic E-state index is 13.0. The first-order chi connectivity index (χ1) is 21.5. The predicted octanol–water partition coefficient (Wildman–Crippen LogP) is 7.67. The van der Waals surface area contributed by atoms with E-state index in [0.717, 1.165) is 54.8 Å². The van der Waals surface area contributed by atoms with Crippen LogP contribution in [0.15, 0.2) is 11.6 Å². The number of nitrogens with two attached hydrogens (primary N) is 1. The number of ether oxygens (including phenoxy) is 1. The number of hydrogen-bond donors (Lipinski definition) is 5. The van der Waals surface area contributed by atoms with Crippen molar-refractivity contribution in [2.24, 2.45) is 52.1 Å². The smallest absolute Gasteiger partial charge is 0.414 e. The third kappa shape index (κ3) is 8.68. The molecule has 0 radical (unpaired) electrons. The van der Waals surface area contributed by atoms with Crippen LogP contribution in [0, 0.1) is 51.7 Å². The zero-order chi connectivity index (χ0) is 33.9. The summed E-state index contributed by atoms with van der Waals surface area (Å²) < 4.78 is 5.16. The SMILES string of the molecule is CC(C)CCC[C@@H](C)[C@H]1CC[C@H]2[C@@H]3CC=C4CC(NC(=O)C(N)CCCNC(=N)NC(=O)OC(C)(C)C)CC[C@]4(C)[C@H]3CC[C@]12C. The van der Waals surface area contributed by atoms with Gasteiger partial charge in [-0.1, -0.05) is 65.5 Å². The van der Waals surface area contributed by atoms with Crippen molar-refractivity contribution in [3.05, 3.63) is 11.6 Å². The van der Waals surface area contributed by atoms with Crippen molar-refractivity contribution >= 4 is 18.0 Å². The molecule has 0 saturated heterocycles. The molecule has 262 valence electrons. The van der Waals surface area contributed by atoms with Gasteiger partial charge in [-0.05, 0) is 131 Å². The molecule has 8 nitrogen and oxygen atoms in total. The van der Waals surface area contributed by atoms with Gasteiger partial charge < -0.3 is 21.1 Å². The number of fused-ring (bicyclic) bond motifs is 5. The van der Waals surface area contributed by atoms with Gasteiger partial charge in [0.2, 0.25) is 5.91 Å². The van der Waals surface area contributed by atoms with Crippen LogP contribution in [0.4, 0.5) is 4.79 Å². The fourth-order valence-corrected chi connectivity index (χ4v) is 10.2. The minimum atomic E-state index is -0.667. The molecule has 2 amide bonds. The second kappa shape index (κ2) is 15.0. The standard InChI is InChI=1S/C38H67N5O3/c1-24(2)11-9-12-25(3)29-16-17-30-28-15-14-26-23-27(18-20-37(26,7)31(28)19-21-38(29,30)8)42-33(44)32(39)13-10-22-41-34(40)43-35(45)46-36(4,5)6/h14,24-25,27-32H,9-13,15-23,39H2,1-8H3,(H,42,44)(H3,40,41,43,45)/t25-,27?,28+,29-,30+,31+,32?,37+,38-/m1/s1. The van der Waals surface area contributed by atoms with Gasteiger partial charge in [-0.3, -0.25) is 15.5 Å². The Bertz CT molecular complexity index is 1110. The van der Waals surface area contributed by atoms with Crippen LogP contribution >= 0.6 is 0 Å². The molecule has 4 aliphatic carbocycles. The molecule has 0 bridgehead atoms. The Morgan fingerprint density at radius 1 is 1.02 bits per heavy atom. The lowest BCUT2D eigenvalue weighted by Crippen LogP contribution is -2.53. The van der Waals surface area contributed by atoms with E-state index in [2.05, 4.69) is 56.6 Å². The topological polar surface area (TPSA) is 129 Å². The maximum Gasteiger partial charge on any atom is 0.414 e. The number of carbonyl (C=O) groups excluding carboxylic acids is 2. The van der Waals surface area contributed by atoms with Crippen LogP contribution in [0.2, 0.25) is 0 Å². The fraction of sp³-hybridized carbons (Fsp3) is 0.868. The molecule has 8 heteroatoms. The largest absolute Gasteiger partial charge is 0.444 e. The highest BCUT2D eigenvalue weighted by Gasteiger charge is 2.59. The maximum absolute atomic E-state index is 13.0. The Balaban J connectivity index is 1.24. The second-order valence-corrected chi connectivity index (χ2v) is 17.4. The van der Waals surface area contributed by atoms with Gasteiger partial charge in [0.1, 0.15) is 5.60 Å². The van der Waals surface area contributed by atoms with Gasteiger partial charge in [-0.25, -0.2) is 4.79 Å². The Morgan fingerprint density at radius 2 is 1.76 bits per heavy atom. The molecular formula is C38H67N5O3. The summed E-state index contributed by atoms with van der Waals surface area (Å²) >= 11 is 0. The molecule has 4 aliphatic rings. The van der Waals surface area contributed by atoms with Gasteiger partial charge in [0.05, 0.1) is 6.04 Å². The van der Waals surface area contributed by atoms with Crippen LogP contribution in [0.25, 0.3) is 0 Å². The zero-order valence-corrected chi connectivity index (χ0v) is 30.4. The van der Waals surface area contributed by atoms with Crippen LogP contribution in [-0.2, 0) is 9.53 Å². The van der Waals surface area contributed by atoms with Gasteiger partial charge in [-0.15, -0.1) is 0 Å². The Hall–Kier alpha value is -2.09. The first kappa shape index (κ1) is 36.7. The molecule has 0 aromatic rings. The Labute approximate surface area is 280 Å². The molecule has 46 heavy (non-hydrogen) atoms. The number of allylic oxidation sites excluding steroid dienone is 1. The lowest BCUT2D eigenvalue weighted by molar-refractivity contribution is -0.123. The average Bonchev–Trinajstić information content (AvgIpc) is 3.31. The molecule has 0 aromatic carbocycles. The third-order valence-electron chi connectivity index (χ3n) is 12.6. The highest BCUT2D eigenvalue weighted by atomic mass is 16.6.